The zero-order valence-corrected chi connectivity index (χ0v) is 36.3. The van der Waals surface area contributed by atoms with Gasteiger partial charge in [-0.2, -0.15) is 0 Å². The van der Waals surface area contributed by atoms with Crippen LogP contribution in [0.4, 0.5) is 40.2 Å². The standard InChI is InChI=1S/C21H18N6O3S.C15H14ClN3O3S.C5H4N4/c1-22-19-11-23-10-14(25-19)8-13-9-16(20-17(24-13)12-27(2)21(20)28)26-15-6-4-5-7-18(15)31(3,29)30;1-19-8-11-14(15(19)20)10(7-13(16)18-11)17-9-5-3-4-6-12(9)23(2,21)22;1-7-5-3-8-2-4(6)9-5/h4-7,9-11H,8,12H2,2-3H3,(H,24,26);3-7H,8H2,1-2H3,(H,17,18);2-3H,(H2,6,9). The summed E-state index contributed by atoms with van der Waals surface area (Å²) in [6.45, 7) is 14.3. The Morgan fingerprint density at radius 1 is 0.667 bits per heavy atom. The largest absolute Gasteiger partial charge is 0.363 e. The first kappa shape index (κ1) is 44.9. The summed E-state index contributed by atoms with van der Waals surface area (Å²) in [5.74, 6) is 0.333. The smallest absolute Gasteiger partial charge is 0.290 e. The van der Waals surface area contributed by atoms with Crippen molar-refractivity contribution in [2.75, 3.05) is 43.0 Å². The van der Waals surface area contributed by atoms with Crippen molar-refractivity contribution in [3.63, 3.8) is 0 Å². The minimum atomic E-state index is -3.48. The first-order valence-electron chi connectivity index (χ1n) is 18.3. The summed E-state index contributed by atoms with van der Waals surface area (Å²) in [5.41, 5.74) is 10.1. The summed E-state index contributed by atoms with van der Waals surface area (Å²) in [4.78, 5) is 59.0. The number of halogens is 1. The van der Waals surface area contributed by atoms with Gasteiger partial charge in [0.15, 0.2) is 25.4 Å². The number of rotatable bonds is 8. The number of carbonyl (C=O) groups excluding carboxylic acids is 2. The minimum Gasteiger partial charge on any atom is -0.363 e. The Balaban J connectivity index is 0.000000180. The van der Waals surface area contributed by atoms with E-state index in [0.29, 0.717) is 76.2 Å². The molecule has 2 amide bonds. The zero-order valence-electron chi connectivity index (χ0n) is 33.9. The normalized spacial score (nSPS) is 12.7. The SMILES string of the molecule is CN1Cc2nc(Cl)cc(Nc3ccccc3S(C)(=O)=O)c2C1=O.[C-]#[N+]c1cncc(Cc2cc(Nc3ccccc3S(C)(=O)=O)c3c(n2)CN(C)C3=O)n1.[C-]#[N+]c1cncc(N)n1. The maximum atomic E-state index is 12.7. The number of aromatic nitrogens is 6. The number of hydrogen-bond donors (Lipinski definition) is 3. The van der Waals surface area contributed by atoms with Crippen molar-refractivity contribution in [2.24, 2.45) is 0 Å². The van der Waals surface area contributed by atoms with Gasteiger partial charge in [0.2, 0.25) is 5.82 Å². The molecular formula is C41H36ClN13O6S2. The van der Waals surface area contributed by atoms with Crippen LogP contribution in [-0.2, 0) is 39.2 Å². The van der Waals surface area contributed by atoms with E-state index in [4.69, 9.17) is 30.5 Å². The number of fused-ring (bicyclic) bond motifs is 2. The number of nitrogens with two attached hydrogens (primary N) is 1. The molecule has 6 aromatic rings. The highest BCUT2D eigenvalue weighted by atomic mass is 35.5. The van der Waals surface area contributed by atoms with Crippen molar-refractivity contribution in [2.45, 2.75) is 29.3 Å². The Kier molecular flexibility index (Phi) is 13.3. The second kappa shape index (κ2) is 18.6. The molecule has 63 heavy (non-hydrogen) atoms. The van der Waals surface area contributed by atoms with Gasteiger partial charge in [-0.15, -0.1) is 4.98 Å². The number of nitrogens with one attached hydrogen (secondary N) is 2. The van der Waals surface area contributed by atoms with Crippen LogP contribution in [0.5, 0.6) is 0 Å². The number of amides is 2. The first-order chi connectivity index (χ1) is 29.9. The lowest BCUT2D eigenvalue weighted by Gasteiger charge is -2.14. The van der Waals surface area contributed by atoms with Gasteiger partial charge in [0, 0.05) is 26.6 Å². The van der Waals surface area contributed by atoms with Crippen molar-refractivity contribution in [3.8, 4) is 0 Å². The molecule has 4 aromatic heterocycles. The zero-order chi connectivity index (χ0) is 45.6. The number of hydrogen-bond acceptors (Lipinski definition) is 15. The van der Waals surface area contributed by atoms with Crippen LogP contribution in [0.2, 0.25) is 5.15 Å². The van der Waals surface area contributed by atoms with Gasteiger partial charge in [0.05, 0.1) is 105 Å². The number of pyridine rings is 2. The summed E-state index contributed by atoms with van der Waals surface area (Å²) in [6, 6.07) is 16.3. The summed E-state index contributed by atoms with van der Waals surface area (Å²) >= 11 is 6.02. The van der Waals surface area contributed by atoms with E-state index in [1.165, 1.54) is 41.7 Å². The van der Waals surface area contributed by atoms with E-state index in [-0.39, 0.29) is 44.2 Å². The van der Waals surface area contributed by atoms with Crippen molar-refractivity contribution in [3.05, 3.63) is 147 Å². The van der Waals surface area contributed by atoms with E-state index in [0.717, 1.165) is 12.5 Å². The molecule has 320 valence electrons. The number of anilines is 5. The molecule has 0 spiro atoms. The van der Waals surface area contributed by atoms with Crippen LogP contribution >= 0.6 is 11.6 Å². The predicted octanol–water partition coefficient (Wildman–Crippen LogP) is 5.82. The molecule has 0 aliphatic carbocycles. The summed E-state index contributed by atoms with van der Waals surface area (Å²) < 4.78 is 48.2. The van der Waals surface area contributed by atoms with Crippen LogP contribution in [0.15, 0.2) is 95.2 Å². The van der Waals surface area contributed by atoms with E-state index < -0.39 is 19.7 Å². The lowest BCUT2D eigenvalue weighted by Crippen LogP contribution is -2.18. The van der Waals surface area contributed by atoms with Gasteiger partial charge in [0.25, 0.3) is 23.5 Å². The molecule has 0 fully saturated rings. The molecule has 0 bridgehead atoms. The summed E-state index contributed by atoms with van der Waals surface area (Å²) in [5, 5.41) is 6.39. The highest BCUT2D eigenvalue weighted by Gasteiger charge is 2.32. The van der Waals surface area contributed by atoms with Gasteiger partial charge in [0.1, 0.15) is 5.15 Å². The molecular weight excluding hydrogens is 870 g/mol. The second-order valence-electron chi connectivity index (χ2n) is 14.0. The fourth-order valence-electron chi connectivity index (χ4n) is 6.41. The molecule has 2 aliphatic rings. The van der Waals surface area contributed by atoms with Crippen LogP contribution in [0.25, 0.3) is 9.69 Å². The van der Waals surface area contributed by atoms with Gasteiger partial charge in [-0.25, -0.2) is 21.8 Å². The molecule has 2 aliphatic heterocycles. The molecule has 2 aromatic carbocycles. The van der Waals surface area contributed by atoms with Crippen LogP contribution in [-0.4, -0.2) is 95.0 Å². The average Bonchev–Trinajstić information content (AvgIpc) is 3.69. The van der Waals surface area contributed by atoms with Gasteiger partial charge < -0.3 is 35.9 Å². The first-order valence-corrected chi connectivity index (χ1v) is 22.5. The number of sulfone groups is 2. The van der Waals surface area contributed by atoms with Crippen LogP contribution in [0, 0.1) is 13.1 Å². The number of carbonyl (C=O) groups is 2. The van der Waals surface area contributed by atoms with Crippen LogP contribution in [0.3, 0.4) is 0 Å². The minimum absolute atomic E-state index is 0.136. The molecule has 22 heteroatoms. The number of nitrogens with zero attached hydrogens (tertiary/aromatic N) is 10. The molecule has 0 atom stereocenters. The molecule has 0 radical (unpaired) electrons. The lowest BCUT2D eigenvalue weighted by molar-refractivity contribution is 0.0809. The third kappa shape index (κ3) is 10.7. The second-order valence-corrected chi connectivity index (χ2v) is 18.3. The van der Waals surface area contributed by atoms with Gasteiger partial charge in [-0.05, 0) is 36.4 Å². The Morgan fingerprint density at radius 2 is 1.14 bits per heavy atom. The van der Waals surface area contributed by atoms with E-state index >= 15 is 0 Å². The number of nitrogen functional groups attached to an aromatic ring is 1. The van der Waals surface area contributed by atoms with Crippen LogP contribution in [0.1, 0.15) is 43.5 Å². The third-order valence-electron chi connectivity index (χ3n) is 9.12. The molecule has 0 unspecified atom stereocenters. The molecule has 0 saturated carbocycles. The van der Waals surface area contributed by atoms with Gasteiger partial charge in [-0.3, -0.25) is 24.5 Å². The van der Waals surface area contributed by atoms with E-state index in [2.05, 4.69) is 50.2 Å². The number of benzene rings is 2. The Hall–Kier alpha value is -7.59. The molecule has 4 N–H and O–H groups in total. The topological polar surface area (TPSA) is 245 Å². The van der Waals surface area contributed by atoms with E-state index in [1.54, 1.807) is 67.7 Å². The fourth-order valence-corrected chi connectivity index (χ4v) is 8.31. The average molecular weight is 906 g/mol. The molecule has 8 rings (SSSR count). The summed E-state index contributed by atoms with van der Waals surface area (Å²) in [6.07, 6.45) is 8.29. The number of para-hydroxylation sites is 2. The highest BCUT2D eigenvalue weighted by Crippen LogP contribution is 2.35. The third-order valence-corrected chi connectivity index (χ3v) is 11.6. The fraction of sp³-hybridized carbons (Fsp3) is 0.171. The highest BCUT2D eigenvalue weighted by molar-refractivity contribution is 7.91. The van der Waals surface area contributed by atoms with Crippen molar-refractivity contribution < 1.29 is 26.4 Å². The van der Waals surface area contributed by atoms with Crippen molar-refractivity contribution in [1.29, 1.82) is 0 Å². The lowest BCUT2D eigenvalue weighted by atomic mass is 10.1. The summed E-state index contributed by atoms with van der Waals surface area (Å²) in [7, 11) is -3.53. The van der Waals surface area contributed by atoms with Crippen molar-refractivity contribution >= 4 is 83.3 Å². The van der Waals surface area contributed by atoms with Gasteiger partial charge >= 0.3 is 0 Å². The molecule has 0 saturated heterocycles. The Labute approximate surface area is 367 Å². The molecule has 6 heterocycles. The van der Waals surface area contributed by atoms with E-state index in [9.17, 15) is 26.4 Å². The molecule has 19 nitrogen and oxygen atoms in total. The monoisotopic (exact) mass is 905 g/mol. The predicted molar refractivity (Wildman–Crippen MR) is 235 cm³/mol. The Bertz CT molecular complexity index is 3100. The quantitative estimate of drug-likeness (QED) is 0.120. The Morgan fingerprint density at radius 3 is 1.63 bits per heavy atom. The maximum absolute atomic E-state index is 12.7. The van der Waals surface area contributed by atoms with Crippen LogP contribution < -0.4 is 16.4 Å². The van der Waals surface area contributed by atoms with Gasteiger partial charge in [-0.1, -0.05) is 54.0 Å². The van der Waals surface area contributed by atoms with Crippen molar-refractivity contribution in [1.82, 2.24) is 39.7 Å². The maximum Gasteiger partial charge on any atom is 0.290 e. The van der Waals surface area contributed by atoms with E-state index in [1.807, 2.05) is 0 Å².